The predicted molar refractivity (Wildman–Crippen MR) is 78.2 cm³/mol. The number of esters is 1. The molecule has 0 spiro atoms. The van der Waals surface area contributed by atoms with Crippen molar-refractivity contribution in [3.8, 4) is 0 Å². The summed E-state index contributed by atoms with van der Waals surface area (Å²) in [4.78, 5) is 23.2. The molecule has 104 valence electrons. The van der Waals surface area contributed by atoms with E-state index < -0.39 is 0 Å². The third-order valence-corrected chi connectivity index (χ3v) is 4.02. The first-order valence-electron chi connectivity index (χ1n) is 6.10. The zero-order valence-electron chi connectivity index (χ0n) is 11.4. The van der Waals surface area contributed by atoms with E-state index >= 15 is 0 Å². The number of amides is 1. The standard InChI is InChI=1S/C14H19NO3S/c1-10(14(17)18-3)9-19-11(2)13(16)15-12-7-5-4-6-8-12/h4-8,10-11H,9H2,1-3H3,(H,15,16). The van der Waals surface area contributed by atoms with E-state index in [0.29, 0.717) is 5.75 Å². The summed E-state index contributed by atoms with van der Waals surface area (Å²) in [5.74, 6) is 0.0502. The number of anilines is 1. The van der Waals surface area contributed by atoms with Crippen LogP contribution in [0, 0.1) is 5.92 Å². The third-order valence-electron chi connectivity index (χ3n) is 2.61. The first kappa shape index (κ1) is 15.6. The van der Waals surface area contributed by atoms with Gasteiger partial charge in [-0.1, -0.05) is 25.1 Å². The molecule has 1 amide bonds. The van der Waals surface area contributed by atoms with Crippen LogP contribution in [0.4, 0.5) is 5.69 Å². The lowest BCUT2D eigenvalue weighted by Crippen LogP contribution is -2.24. The van der Waals surface area contributed by atoms with Gasteiger partial charge < -0.3 is 10.1 Å². The molecule has 2 unspecified atom stereocenters. The zero-order chi connectivity index (χ0) is 14.3. The number of carbonyl (C=O) groups is 2. The summed E-state index contributed by atoms with van der Waals surface area (Å²) in [5, 5.41) is 2.62. The molecule has 0 saturated carbocycles. The van der Waals surface area contributed by atoms with Crippen LogP contribution in [0.25, 0.3) is 0 Å². The Labute approximate surface area is 117 Å². The molecule has 19 heavy (non-hydrogen) atoms. The number of benzene rings is 1. The van der Waals surface area contributed by atoms with E-state index in [9.17, 15) is 9.59 Å². The summed E-state index contributed by atoms with van der Waals surface area (Å²) >= 11 is 1.44. The number of hydrogen-bond donors (Lipinski definition) is 1. The van der Waals surface area contributed by atoms with Crippen molar-refractivity contribution in [2.45, 2.75) is 19.1 Å². The highest BCUT2D eigenvalue weighted by Gasteiger charge is 2.18. The third kappa shape index (κ3) is 5.34. The molecule has 2 atom stereocenters. The minimum atomic E-state index is -0.247. The maximum atomic E-state index is 11.9. The highest BCUT2D eigenvalue weighted by molar-refractivity contribution is 8.00. The van der Waals surface area contributed by atoms with Gasteiger partial charge in [0.05, 0.1) is 18.3 Å². The van der Waals surface area contributed by atoms with Gasteiger partial charge in [-0.2, -0.15) is 0 Å². The van der Waals surface area contributed by atoms with Crippen molar-refractivity contribution >= 4 is 29.3 Å². The van der Waals surface area contributed by atoms with Crippen LogP contribution in [0.2, 0.25) is 0 Å². The van der Waals surface area contributed by atoms with Gasteiger partial charge in [0.2, 0.25) is 5.91 Å². The number of methoxy groups -OCH3 is 1. The van der Waals surface area contributed by atoms with Crippen molar-refractivity contribution in [1.82, 2.24) is 0 Å². The molecule has 0 saturated heterocycles. The normalized spacial score (nSPS) is 13.4. The maximum absolute atomic E-state index is 11.9. The molecule has 5 heteroatoms. The minimum absolute atomic E-state index is 0.0618. The summed E-state index contributed by atoms with van der Waals surface area (Å²) in [5.41, 5.74) is 0.779. The fourth-order valence-corrected chi connectivity index (χ4v) is 2.32. The van der Waals surface area contributed by atoms with Crippen molar-refractivity contribution in [2.24, 2.45) is 5.92 Å². The van der Waals surface area contributed by atoms with Gasteiger partial charge in [-0.25, -0.2) is 0 Å². The fraction of sp³-hybridized carbons (Fsp3) is 0.429. The van der Waals surface area contributed by atoms with Crippen LogP contribution < -0.4 is 5.32 Å². The largest absolute Gasteiger partial charge is 0.469 e. The van der Waals surface area contributed by atoms with Gasteiger partial charge in [0.15, 0.2) is 0 Å². The van der Waals surface area contributed by atoms with Gasteiger partial charge >= 0.3 is 5.97 Å². The number of nitrogens with one attached hydrogen (secondary N) is 1. The highest BCUT2D eigenvalue weighted by Crippen LogP contribution is 2.17. The molecular formula is C14H19NO3S. The van der Waals surface area contributed by atoms with Crippen LogP contribution in [0.5, 0.6) is 0 Å². The molecule has 0 aliphatic heterocycles. The second kappa shape index (κ2) is 7.84. The Bertz CT molecular complexity index is 422. The lowest BCUT2D eigenvalue weighted by Gasteiger charge is -2.14. The quantitative estimate of drug-likeness (QED) is 0.814. The van der Waals surface area contributed by atoms with Crippen LogP contribution in [0.3, 0.4) is 0 Å². The van der Waals surface area contributed by atoms with E-state index in [-0.39, 0.29) is 23.0 Å². The Hall–Kier alpha value is -1.49. The van der Waals surface area contributed by atoms with Crippen LogP contribution in [0.1, 0.15) is 13.8 Å². The summed E-state index contributed by atoms with van der Waals surface area (Å²) in [7, 11) is 1.37. The summed E-state index contributed by atoms with van der Waals surface area (Å²) in [6, 6.07) is 9.31. The number of ether oxygens (including phenoxy) is 1. The Kier molecular flexibility index (Phi) is 6.42. The molecule has 0 aromatic heterocycles. The molecule has 1 aromatic carbocycles. The van der Waals surface area contributed by atoms with Gasteiger partial charge in [0.1, 0.15) is 0 Å². The summed E-state index contributed by atoms with van der Waals surface area (Å²) < 4.78 is 4.65. The van der Waals surface area contributed by atoms with E-state index in [4.69, 9.17) is 0 Å². The number of para-hydroxylation sites is 1. The second-order valence-corrected chi connectivity index (χ2v) is 5.63. The summed E-state index contributed by atoms with van der Waals surface area (Å²) in [6.07, 6.45) is 0. The number of rotatable bonds is 6. The SMILES string of the molecule is COC(=O)C(C)CSC(C)C(=O)Nc1ccccc1. The molecule has 0 fully saturated rings. The van der Waals surface area contributed by atoms with Gasteiger partial charge in [-0.05, 0) is 19.1 Å². The van der Waals surface area contributed by atoms with Crippen LogP contribution >= 0.6 is 11.8 Å². The van der Waals surface area contributed by atoms with Crippen LogP contribution in [0.15, 0.2) is 30.3 Å². The highest BCUT2D eigenvalue weighted by atomic mass is 32.2. The molecule has 1 rings (SSSR count). The van der Waals surface area contributed by atoms with Crippen molar-refractivity contribution in [1.29, 1.82) is 0 Å². The Morgan fingerprint density at radius 1 is 1.26 bits per heavy atom. The molecule has 0 bridgehead atoms. The van der Waals surface area contributed by atoms with Gasteiger partial charge in [-0.15, -0.1) is 11.8 Å². The molecular weight excluding hydrogens is 262 g/mol. The average molecular weight is 281 g/mol. The molecule has 0 aliphatic rings. The van der Waals surface area contributed by atoms with Crippen molar-refractivity contribution in [3.05, 3.63) is 30.3 Å². The predicted octanol–water partition coefficient (Wildman–Crippen LogP) is 2.56. The monoisotopic (exact) mass is 281 g/mol. The van der Waals surface area contributed by atoms with Crippen LogP contribution in [-0.4, -0.2) is 30.0 Å². The van der Waals surface area contributed by atoms with Crippen molar-refractivity contribution in [2.75, 3.05) is 18.2 Å². The second-order valence-electron chi connectivity index (χ2n) is 4.26. The Morgan fingerprint density at radius 2 is 1.89 bits per heavy atom. The number of hydrogen-bond acceptors (Lipinski definition) is 4. The van der Waals surface area contributed by atoms with E-state index in [1.807, 2.05) is 37.3 Å². The Balaban J connectivity index is 2.39. The van der Waals surface area contributed by atoms with Crippen LogP contribution in [-0.2, 0) is 14.3 Å². The molecule has 1 aromatic rings. The van der Waals surface area contributed by atoms with E-state index in [0.717, 1.165) is 5.69 Å². The average Bonchev–Trinajstić information content (AvgIpc) is 2.44. The minimum Gasteiger partial charge on any atom is -0.469 e. The topological polar surface area (TPSA) is 55.4 Å². The lowest BCUT2D eigenvalue weighted by molar-refractivity contribution is -0.144. The van der Waals surface area contributed by atoms with E-state index in [1.54, 1.807) is 6.92 Å². The van der Waals surface area contributed by atoms with Crippen molar-refractivity contribution in [3.63, 3.8) is 0 Å². The van der Waals surface area contributed by atoms with Gasteiger partial charge in [0, 0.05) is 11.4 Å². The first-order chi connectivity index (χ1) is 9.04. The van der Waals surface area contributed by atoms with E-state index in [2.05, 4.69) is 10.1 Å². The fourth-order valence-electron chi connectivity index (χ4n) is 1.40. The lowest BCUT2D eigenvalue weighted by atomic mass is 10.2. The van der Waals surface area contributed by atoms with Gasteiger partial charge in [0.25, 0.3) is 0 Å². The first-order valence-corrected chi connectivity index (χ1v) is 7.14. The van der Waals surface area contributed by atoms with Crippen molar-refractivity contribution < 1.29 is 14.3 Å². The smallest absolute Gasteiger partial charge is 0.309 e. The van der Waals surface area contributed by atoms with Gasteiger partial charge in [-0.3, -0.25) is 9.59 Å². The molecule has 4 nitrogen and oxygen atoms in total. The van der Waals surface area contributed by atoms with E-state index in [1.165, 1.54) is 18.9 Å². The molecule has 0 aliphatic carbocycles. The molecule has 0 heterocycles. The zero-order valence-corrected chi connectivity index (χ0v) is 12.2. The number of carbonyl (C=O) groups excluding carboxylic acids is 2. The maximum Gasteiger partial charge on any atom is 0.309 e. The molecule has 0 radical (unpaired) electrons. The number of thioether (sulfide) groups is 1. The molecule has 1 N–H and O–H groups in total. The Morgan fingerprint density at radius 3 is 2.47 bits per heavy atom. The summed E-state index contributed by atoms with van der Waals surface area (Å²) in [6.45, 7) is 3.62.